The van der Waals surface area contributed by atoms with Gasteiger partial charge in [0, 0.05) is 0 Å². The first kappa shape index (κ1) is 18.5. The average molecular weight is 376 g/mol. The maximum Gasteiger partial charge on any atom is 0.431 e. The number of para-hydroxylation sites is 2. The largest absolute Gasteiger partial charge is 0.463 e. The quantitative estimate of drug-likeness (QED) is 0.375. The molecule has 1 aliphatic heterocycles. The van der Waals surface area contributed by atoms with E-state index < -0.39 is 19.5 Å². The molecule has 0 N–H and O–H groups in total. The fraction of sp³-hybridized carbons (Fsp3) is 0.316. The average Bonchev–Trinajstić information content (AvgIpc) is 3.45. The first-order valence-electron chi connectivity index (χ1n) is 8.41. The summed E-state index contributed by atoms with van der Waals surface area (Å²) in [5, 5.41) is 0. The van der Waals surface area contributed by atoms with E-state index in [-0.39, 0.29) is 18.9 Å². The molecule has 1 aliphatic rings. The van der Waals surface area contributed by atoms with E-state index in [1.165, 1.54) is 0 Å². The van der Waals surface area contributed by atoms with E-state index in [0.717, 1.165) is 0 Å². The summed E-state index contributed by atoms with van der Waals surface area (Å²) in [6, 6.07) is 17.5. The van der Waals surface area contributed by atoms with Gasteiger partial charge in [0.05, 0.1) is 18.7 Å². The van der Waals surface area contributed by atoms with Gasteiger partial charge in [0.2, 0.25) is 0 Å². The Bertz CT molecular complexity index is 715. The summed E-state index contributed by atoms with van der Waals surface area (Å²) in [6.07, 6.45) is -0.111. The van der Waals surface area contributed by atoms with E-state index in [0.29, 0.717) is 18.1 Å². The van der Waals surface area contributed by atoms with E-state index in [4.69, 9.17) is 18.5 Å². The van der Waals surface area contributed by atoms with Crippen LogP contribution in [0.25, 0.3) is 0 Å². The third-order valence-corrected chi connectivity index (χ3v) is 5.66. The minimum atomic E-state index is -3.64. The fourth-order valence-corrected chi connectivity index (χ4v) is 4.16. The van der Waals surface area contributed by atoms with Gasteiger partial charge in [0.1, 0.15) is 24.2 Å². The second-order valence-corrected chi connectivity index (χ2v) is 8.04. The molecular weight excluding hydrogens is 355 g/mol. The molecule has 0 aliphatic carbocycles. The normalized spacial score (nSPS) is 17.2. The zero-order valence-corrected chi connectivity index (χ0v) is 15.3. The number of hydrogen-bond acceptors (Lipinski definition) is 6. The van der Waals surface area contributed by atoms with Gasteiger partial charge in [-0.2, -0.15) is 0 Å². The van der Waals surface area contributed by atoms with Crippen molar-refractivity contribution >= 4 is 13.6 Å². The lowest BCUT2D eigenvalue weighted by Gasteiger charge is -2.22. The summed E-state index contributed by atoms with van der Waals surface area (Å²) in [4.78, 5) is 12.1. The van der Waals surface area contributed by atoms with Crippen LogP contribution in [0, 0.1) is 5.92 Å². The highest BCUT2D eigenvalue weighted by molar-refractivity contribution is 7.54. The van der Waals surface area contributed by atoms with Gasteiger partial charge in [-0.15, -0.1) is 0 Å². The van der Waals surface area contributed by atoms with Crippen LogP contribution in [0.4, 0.5) is 0 Å². The zero-order valence-electron chi connectivity index (χ0n) is 14.4. The highest BCUT2D eigenvalue weighted by atomic mass is 31.2. The van der Waals surface area contributed by atoms with Gasteiger partial charge in [0.25, 0.3) is 0 Å². The molecule has 2 atom stereocenters. The smallest absolute Gasteiger partial charge is 0.431 e. The van der Waals surface area contributed by atoms with Crippen LogP contribution >= 0.6 is 7.60 Å². The van der Waals surface area contributed by atoms with E-state index in [9.17, 15) is 9.36 Å². The van der Waals surface area contributed by atoms with Crippen molar-refractivity contribution in [2.75, 3.05) is 19.4 Å². The molecule has 1 fully saturated rings. The first-order valence-corrected chi connectivity index (χ1v) is 10.1. The molecule has 0 bridgehead atoms. The summed E-state index contributed by atoms with van der Waals surface area (Å²) >= 11 is 0. The Morgan fingerprint density at radius 2 is 1.58 bits per heavy atom. The van der Waals surface area contributed by atoms with Crippen LogP contribution in [0.5, 0.6) is 11.5 Å². The molecule has 2 aromatic carbocycles. The highest BCUT2D eigenvalue weighted by Gasteiger charge is 2.35. The third kappa shape index (κ3) is 5.61. The Morgan fingerprint density at radius 1 is 1.08 bits per heavy atom. The number of carbonyl (C=O) groups is 1. The first-order chi connectivity index (χ1) is 12.5. The van der Waals surface area contributed by atoms with Crippen LogP contribution in [0.15, 0.2) is 60.7 Å². The monoisotopic (exact) mass is 376 g/mol. The van der Waals surface area contributed by atoms with Crippen molar-refractivity contribution in [1.82, 2.24) is 0 Å². The molecule has 26 heavy (non-hydrogen) atoms. The van der Waals surface area contributed by atoms with Gasteiger partial charge >= 0.3 is 13.6 Å². The summed E-state index contributed by atoms with van der Waals surface area (Å²) < 4.78 is 34.9. The molecule has 2 unspecified atom stereocenters. The molecule has 1 saturated heterocycles. The lowest BCUT2D eigenvalue weighted by atomic mass is 10.2. The molecule has 6 nitrogen and oxygen atoms in total. The topological polar surface area (TPSA) is 74.4 Å². The van der Waals surface area contributed by atoms with Crippen molar-refractivity contribution in [2.24, 2.45) is 5.92 Å². The second kappa shape index (κ2) is 8.39. The van der Waals surface area contributed by atoms with Crippen LogP contribution in [0.3, 0.4) is 0 Å². The SMILES string of the molecule is CC(CP(=O)(Oc1ccccc1)Oc1ccccc1)C(=O)OCC1CO1. The predicted molar refractivity (Wildman–Crippen MR) is 96.5 cm³/mol. The Kier molecular flexibility index (Phi) is 5.96. The van der Waals surface area contributed by atoms with Gasteiger partial charge < -0.3 is 18.5 Å². The zero-order chi connectivity index (χ0) is 18.4. The summed E-state index contributed by atoms with van der Waals surface area (Å²) in [7, 11) is -3.64. The highest BCUT2D eigenvalue weighted by Crippen LogP contribution is 2.50. The molecule has 7 heteroatoms. The molecule has 2 aromatic rings. The van der Waals surface area contributed by atoms with Crippen molar-refractivity contribution in [3.8, 4) is 11.5 Å². The van der Waals surface area contributed by atoms with Crippen LogP contribution in [0.1, 0.15) is 6.92 Å². The van der Waals surface area contributed by atoms with Crippen molar-refractivity contribution in [2.45, 2.75) is 13.0 Å². The van der Waals surface area contributed by atoms with Crippen molar-refractivity contribution in [3.05, 3.63) is 60.7 Å². The Balaban J connectivity index is 1.70. The van der Waals surface area contributed by atoms with Gasteiger partial charge in [-0.3, -0.25) is 4.79 Å². The number of ether oxygens (including phenoxy) is 2. The van der Waals surface area contributed by atoms with Crippen LogP contribution in [-0.4, -0.2) is 31.4 Å². The molecule has 1 heterocycles. The Labute approximate surface area is 152 Å². The summed E-state index contributed by atoms with van der Waals surface area (Å²) in [5.41, 5.74) is 0. The number of carbonyl (C=O) groups excluding carboxylic acids is 1. The summed E-state index contributed by atoms with van der Waals surface area (Å²) in [5.74, 6) is -0.265. The molecule has 0 spiro atoms. The maximum absolute atomic E-state index is 13.3. The van der Waals surface area contributed by atoms with Gasteiger partial charge in [0.15, 0.2) is 0 Å². The van der Waals surface area contributed by atoms with E-state index in [2.05, 4.69) is 0 Å². The Morgan fingerprint density at radius 3 is 2.04 bits per heavy atom. The lowest BCUT2D eigenvalue weighted by Crippen LogP contribution is -2.22. The van der Waals surface area contributed by atoms with Crippen molar-refractivity contribution in [3.63, 3.8) is 0 Å². The standard InChI is InChI=1S/C19H21O6P/c1-15(19(20)23-13-18-12-22-18)14-26(21,24-16-8-4-2-5-9-16)25-17-10-6-3-7-11-17/h2-11,15,18H,12-14H2,1H3. The number of hydrogen-bond donors (Lipinski definition) is 0. The molecule has 0 radical (unpaired) electrons. The van der Waals surface area contributed by atoms with Crippen LogP contribution in [-0.2, 0) is 18.8 Å². The summed E-state index contributed by atoms with van der Waals surface area (Å²) in [6.45, 7) is 2.46. The molecule has 0 aromatic heterocycles. The molecule has 0 saturated carbocycles. The van der Waals surface area contributed by atoms with E-state index in [1.807, 2.05) is 12.1 Å². The second-order valence-electron chi connectivity index (χ2n) is 6.09. The van der Waals surface area contributed by atoms with Crippen molar-refractivity contribution < 1.29 is 27.9 Å². The van der Waals surface area contributed by atoms with Gasteiger partial charge in [-0.05, 0) is 24.3 Å². The molecule has 0 amide bonds. The van der Waals surface area contributed by atoms with E-state index >= 15 is 0 Å². The van der Waals surface area contributed by atoms with Gasteiger partial charge in [-0.25, -0.2) is 4.57 Å². The third-order valence-electron chi connectivity index (χ3n) is 3.69. The maximum atomic E-state index is 13.3. The lowest BCUT2D eigenvalue weighted by molar-refractivity contribution is -0.147. The van der Waals surface area contributed by atoms with E-state index in [1.54, 1.807) is 55.5 Å². The van der Waals surface area contributed by atoms with Crippen LogP contribution < -0.4 is 9.05 Å². The predicted octanol–water partition coefficient (Wildman–Crippen LogP) is 3.92. The van der Waals surface area contributed by atoms with Crippen LogP contribution in [0.2, 0.25) is 0 Å². The number of esters is 1. The molecule has 3 rings (SSSR count). The Hall–Kier alpha value is -2.30. The number of epoxide rings is 1. The minimum Gasteiger partial charge on any atom is -0.463 e. The van der Waals surface area contributed by atoms with Gasteiger partial charge in [-0.1, -0.05) is 43.3 Å². The van der Waals surface area contributed by atoms with Crippen molar-refractivity contribution in [1.29, 1.82) is 0 Å². The number of benzene rings is 2. The number of rotatable bonds is 9. The minimum absolute atomic E-state index is 0.0147. The molecule has 138 valence electrons. The fourth-order valence-electron chi connectivity index (χ4n) is 2.27. The molecular formula is C19H21O6P.